The number of methoxy groups -OCH3 is 1. The van der Waals surface area contributed by atoms with E-state index in [-0.39, 0.29) is 12.5 Å². The smallest absolute Gasteiger partial charge is 0.330 e. The third-order valence-corrected chi connectivity index (χ3v) is 4.67. The van der Waals surface area contributed by atoms with Gasteiger partial charge in [-0.3, -0.25) is 9.69 Å². The number of ether oxygens (including phenoxy) is 1. The molecule has 0 radical (unpaired) electrons. The summed E-state index contributed by atoms with van der Waals surface area (Å²) < 4.78 is 4.49. The molecular formula is C22H24N2O3. The quantitative estimate of drug-likeness (QED) is 0.632. The molecule has 1 aliphatic heterocycles. The maximum atomic E-state index is 12.1. The maximum absolute atomic E-state index is 12.1. The van der Waals surface area contributed by atoms with Crippen molar-refractivity contribution in [1.82, 2.24) is 10.2 Å². The van der Waals surface area contributed by atoms with E-state index in [0.717, 1.165) is 26.1 Å². The molecule has 0 unspecified atom stereocenters. The van der Waals surface area contributed by atoms with Crippen molar-refractivity contribution in [1.29, 1.82) is 0 Å². The first kappa shape index (κ1) is 18.9. The predicted molar refractivity (Wildman–Crippen MR) is 104 cm³/mol. The van der Waals surface area contributed by atoms with Crippen LogP contribution in [0.15, 0.2) is 60.7 Å². The zero-order chi connectivity index (χ0) is 19.1. The first-order valence-corrected chi connectivity index (χ1v) is 9.06. The number of hydrogen-bond donors (Lipinski definition) is 1. The van der Waals surface area contributed by atoms with Crippen LogP contribution in [0.3, 0.4) is 0 Å². The van der Waals surface area contributed by atoms with Gasteiger partial charge in [-0.2, -0.15) is 0 Å². The minimum atomic E-state index is -0.436. The molecule has 0 spiro atoms. The number of esters is 1. The highest BCUT2D eigenvalue weighted by Gasteiger charge is 2.15. The van der Waals surface area contributed by atoms with Crippen molar-refractivity contribution in [2.45, 2.75) is 19.5 Å². The maximum Gasteiger partial charge on any atom is 0.330 e. The van der Waals surface area contributed by atoms with Gasteiger partial charge in [0.1, 0.15) is 0 Å². The highest BCUT2D eigenvalue weighted by atomic mass is 16.5. The lowest BCUT2D eigenvalue weighted by Crippen LogP contribution is -2.30. The number of carbonyl (C=O) groups is 2. The fourth-order valence-corrected chi connectivity index (χ4v) is 3.19. The molecule has 0 saturated carbocycles. The lowest BCUT2D eigenvalue weighted by molar-refractivity contribution is -0.134. The van der Waals surface area contributed by atoms with Gasteiger partial charge in [0.15, 0.2) is 0 Å². The summed E-state index contributed by atoms with van der Waals surface area (Å²) in [5.41, 5.74) is 4.65. The van der Waals surface area contributed by atoms with Crippen LogP contribution >= 0.6 is 0 Å². The van der Waals surface area contributed by atoms with Gasteiger partial charge < -0.3 is 10.1 Å². The summed E-state index contributed by atoms with van der Waals surface area (Å²) in [5, 5.41) is 2.75. The van der Waals surface area contributed by atoms with Gasteiger partial charge in [-0.1, -0.05) is 42.5 Å². The molecule has 3 rings (SSSR count). The van der Waals surface area contributed by atoms with Crippen LogP contribution in [0, 0.1) is 0 Å². The molecule has 2 aromatic carbocycles. The summed E-state index contributed by atoms with van der Waals surface area (Å²) in [6.07, 6.45) is 3.93. The van der Waals surface area contributed by atoms with Crippen LogP contribution in [0.2, 0.25) is 0 Å². The van der Waals surface area contributed by atoms with Gasteiger partial charge in [0.05, 0.1) is 7.11 Å². The van der Waals surface area contributed by atoms with Crippen molar-refractivity contribution in [2.24, 2.45) is 0 Å². The van der Waals surface area contributed by atoms with E-state index >= 15 is 0 Å². The van der Waals surface area contributed by atoms with Gasteiger partial charge >= 0.3 is 5.97 Å². The van der Waals surface area contributed by atoms with E-state index in [1.165, 1.54) is 29.9 Å². The van der Waals surface area contributed by atoms with E-state index < -0.39 is 5.97 Å². The number of fused-ring (bicyclic) bond motifs is 1. The largest absolute Gasteiger partial charge is 0.466 e. The standard InChI is InChI=1S/C22H24N2O3/c1-27-21(25)7-4-13-23-22(26)19-10-8-17(9-11-19)15-24-14-12-18-5-2-3-6-20(18)16-24/h2-11H,12-16H2,1H3,(H,23,26)/b7-4+. The second-order valence-electron chi connectivity index (χ2n) is 6.56. The van der Waals surface area contributed by atoms with E-state index in [4.69, 9.17) is 0 Å². The van der Waals surface area contributed by atoms with Crippen LogP contribution in [0.25, 0.3) is 0 Å². The zero-order valence-electron chi connectivity index (χ0n) is 15.5. The van der Waals surface area contributed by atoms with Crippen LogP contribution in [-0.4, -0.2) is 37.0 Å². The molecule has 0 atom stereocenters. The van der Waals surface area contributed by atoms with Crippen molar-refractivity contribution >= 4 is 11.9 Å². The van der Waals surface area contributed by atoms with Crippen molar-refractivity contribution in [3.05, 3.63) is 82.9 Å². The summed E-state index contributed by atoms with van der Waals surface area (Å²) >= 11 is 0. The van der Waals surface area contributed by atoms with E-state index in [0.29, 0.717) is 5.56 Å². The summed E-state index contributed by atoms with van der Waals surface area (Å²) in [6.45, 7) is 3.16. The first-order chi connectivity index (χ1) is 13.2. The van der Waals surface area contributed by atoms with Gasteiger partial charge in [0, 0.05) is 37.8 Å². The third-order valence-electron chi connectivity index (χ3n) is 4.67. The Morgan fingerprint density at radius 3 is 2.59 bits per heavy atom. The number of rotatable bonds is 6. The van der Waals surface area contributed by atoms with Gasteiger partial charge in [-0.15, -0.1) is 0 Å². The molecule has 1 N–H and O–H groups in total. The van der Waals surface area contributed by atoms with Gasteiger partial charge in [-0.25, -0.2) is 4.79 Å². The number of benzene rings is 2. The zero-order valence-corrected chi connectivity index (χ0v) is 15.5. The van der Waals surface area contributed by atoms with Gasteiger partial charge in [0.2, 0.25) is 0 Å². The Morgan fingerprint density at radius 2 is 1.85 bits per heavy atom. The molecule has 2 aromatic rings. The monoisotopic (exact) mass is 364 g/mol. The molecule has 0 bridgehead atoms. The normalized spacial score (nSPS) is 14.0. The number of amides is 1. The average Bonchev–Trinajstić information content (AvgIpc) is 2.71. The number of nitrogens with one attached hydrogen (secondary N) is 1. The van der Waals surface area contributed by atoms with E-state index in [2.05, 4.69) is 39.2 Å². The van der Waals surface area contributed by atoms with Crippen LogP contribution in [0.1, 0.15) is 27.0 Å². The highest BCUT2D eigenvalue weighted by molar-refractivity contribution is 5.94. The second-order valence-corrected chi connectivity index (χ2v) is 6.56. The Labute approximate surface area is 159 Å². The molecule has 0 aromatic heterocycles. The molecule has 0 fully saturated rings. The van der Waals surface area contributed by atoms with Gasteiger partial charge in [0.25, 0.3) is 5.91 Å². The van der Waals surface area contributed by atoms with Crippen LogP contribution in [0.5, 0.6) is 0 Å². The molecule has 0 saturated heterocycles. The Hall–Kier alpha value is -2.92. The molecule has 27 heavy (non-hydrogen) atoms. The van der Waals surface area contributed by atoms with Gasteiger partial charge in [-0.05, 0) is 35.2 Å². The second kappa shape index (κ2) is 9.14. The Kier molecular flexibility index (Phi) is 6.39. The van der Waals surface area contributed by atoms with Crippen molar-refractivity contribution in [2.75, 3.05) is 20.2 Å². The molecule has 5 heteroatoms. The predicted octanol–water partition coefficient (Wildman–Crippen LogP) is 2.70. The summed E-state index contributed by atoms with van der Waals surface area (Å²) in [5.74, 6) is -0.600. The topological polar surface area (TPSA) is 58.6 Å². The minimum Gasteiger partial charge on any atom is -0.466 e. The third kappa shape index (κ3) is 5.28. The fraction of sp³-hybridized carbons (Fsp3) is 0.273. The molecule has 140 valence electrons. The first-order valence-electron chi connectivity index (χ1n) is 9.06. The fourth-order valence-electron chi connectivity index (χ4n) is 3.19. The van der Waals surface area contributed by atoms with E-state index in [1.54, 1.807) is 6.08 Å². The minimum absolute atomic E-state index is 0.164. The SMILES string of the molecule is COC(=O)/C=C/CNC(=O)c1ccc(CN2CCc3ccccc3C2)cc1. The molecule has 1 amide bonds. The van der Waals surface area contributed by atoms with Crippen LogP contribution in [-0.2, 0) is 29.0 Å². The molecule has 1 aliphatic rings. The van der Waals surface area contributed by atoms with Crippen molar-refractivity contribution < 1.29 is 14.3 Å². The average molecular weight is 364 g/mol. The number of hydrogen-bond acceptors (Lipinski definition) is 4. The lowest BCUT2D eigenvalue weighted by Gasteiger charge is -2.28. The number of nitrogens with zero attached hydrogens (tertiary/aromatic N) is 1. The van der Waals surface area contributed by atoms with Crippen molar-refractivity contribution in [3.63, 3.8) is 0 Å². The Balaban J connectivity index is 1.51. The van der Waals surface area contributed by atoms with Crippen LogP contribution < -0.4 is 5.32 Å². The lowest BCUT2D eigenvalue weighted by atomic mass is 9.99. The highest BCUT2D eigenvalue weighted by Crippen LogP contribution is 2.20. The van der Waals surface area contributed by atoms with Crippen LogP contribution in [0.4, 0.5) is 0 Å². The Bertz CT molecular complexity index is 828. The number of carbonyl (C=O) groups excluding carboxylic acids is 2. The molecule has 0 aliphatic carbocycles. The Morgan fingerprint density at radius 1 is 1.11 bits per heavy atom. The molecule has 5 nitrogen and oxygen atoms in total. The molecular weight excluding hydrogens is 340 g/mol. The van der Waals surface area contributed by atoms with E-state index in [9.17, 15) is 9.59 Å². The van der Waals surface area contributed by atoms with E-state index in [1.807, 2.05) is 24.3 Å². The molecule has 1 heterocycles. The summed E-state index contributed by atoms with van der Waals surface area (Å²) in [7, 11) is 1.31. The van der Waals surface area contributed by atoms with Crippen molar-refractivity contribution in [3.8, 4) is 0 Å². The summed E-state index contributed by atoms with van der Waals surface area (Å²) in [4.78, 5) is 25.5. The summed E-state index contributed by atoms with van der Waals surface area (Å²) in [6, 6.07) is 16.3.